The van der Waals surface area contributed by atoms with Crippen LogP contribution in [0.2, 0.25) is 5.02 Å². The highest BCUT2D eigenvalue weighted by Gasteiger charge is 2.23. The lowest BCUT2D eigenvalue weighted by atomic mass is 10.0. The zero-order chi connectivity index (χ0) is 29.4. The summed E-state index contributed by atoms with van der Waals surface area (Å²) in [6.45, 7) is 1.86. The van der Waals surface area contributed by atoms with E-state index in [1.54, 1.807) is 30.3 Å². The van der Waals surface area contributed by atoms with Crippen LogP contribution in [0.5, 0.6) is 11.5 Å². The smallest absolute Gasteiger partial charge is 0.323 e. The van der Waals surface area contributed by atoms with Crippen LogP contribution < -0.4 is 14.8 Å². The van der Waals surface area contributed by atoms with Gasteiger partial charge in [0.1, 0.15) is 30.8 Å². The molecule has 2 atom stereocenters. The predicted molar refractivity (Wildman–Crippen MR) is 161 cm³/mol. The molecule has 4 rings (SSSR count). The molecule has 0 aliphatic heterocycles. The summed E-state index contributed by atoms with van der Waals surface area (Å²) in [6, 6.07) is 27.3. The zero-order valence-corrected chi connectivity index (χ0v) is 24.5. The summed E-state index contributed by atoms with van der Waals surface area (Å²) >= 11 is 10.3. The molecular weight excluding hydrogens is 608 g/mol. The predicted octanol–water partition coefficient (Wildman–Crippen LogP) is 6.72. The number of nitrogens with zero attached hydrogens (tertiary/aromatic N) is 1. The van der Waals surface area contributed by atoms with Gasteiger partial charge in [-0.1, -0.05) is 72.3 Å². The van der Waals surface area contributed by atoms with Crippen molar-refractivity contribution in [2.75, 3.05) is 0 Å². The molecule has 210 valence electrons. The molecule has 0 spiro atoms. The Labute approximate surface area is 252 Å². The number of carbonyl (C=O) groups is 1. The second-order valence-corrected chi connectivity index (χ2v) is 10.6. The second-order valence-electron chi connectivity index (χ2n) is 9.36. The summed E-state index contributed by atoms with van der Waals surface area (Å²) in [4.78, 5) is 11.6. The molecule has 41 heavy (non-hydrogen) atoms. The maximum Gasteiger partial charge on any atom is 0.323 e. The van der Waals surface area contributed by atoms with Crippen molar-refractivity contribution in [2.24, 2.45) is 0 Å². The summed E-state index contributed by atoms with van der Waals surface area (Å²) in [7, 11) is 0. The first-order chi connectivity index (χ1) is 19.8. The number of nitriles is 1. The third-order valence-corrected chi connectivity index (χ3v) is 7.60. The van der Waals surface area contributed by atoms with Gasteiger partial charge in [-0.15, -0.1) is 0 Å². The Bertz CT molecular complexity index is 1560. The van der Waals surface area contributed by atoms with Crippen molar-refractivity contribution in [1.82, 2.24) is 5.32 Å². The Morgan fingerprint density at radius 3 is 2.41 bits per heavy atom. The van der Waals surface area contributed by atoms with Crippen molar-refractivity contribution in [1.29, 1.82) is 5.26 Å². The van der Waals surface area contributed by atoms with Gasteiger partial charge in [0.25, 0.3) is 0 Å². The van der Waals surface area contributed by atoms with Crippen LogP contribution in [0.4, 0.5) is 0 Å². The SMILES string of the molecule is C[C@H](O)[C@@H](NCc1cc(Cl)c(OCc2cccc(-c3ccccc3)c2Br)cc1OCc1cccc(C#N)c1)C(=O)O. The molecule has 0 aliphatic rings. The Kier molecular flexibility index (Phi) is 10.4. The number of carboxylic acids is 1. The standard InChI is InChI=1S/C32H28BrClN2O5/c1-20(37)31(32(38)39)36-17-25-14-27(34)29(15-28(25)40-18-22-8-5-7-21(13-22)16-35)41-19-24-11-6-12-26(30(24)33)23-9-3-2-4-10-23/h2-15,20,31,36-37H,17-19H2,1H3,(H,38,39)/t20-,31+/m0/s1. The first kappa shape index (κ1) is 30.1. The average molecular weight is 636 g/mol. The zero-order valence-electron chi connectivity index (χ0n) is 22.2. The lowest BCUT2D eigenvalue weighted by Crippen LogP contribution is -2.44. The van der Waals surface area contributed by atoms with Crippen LogP contribution >= 0.6 is 27.5 Å². The second kappa shape index (κ2) is 14.2. The minimum atomic E-state index is -1.18. The first-order valence-electron chi connectivity index (χ1n) is 12.8. The van der Waals surface area contributed by atoms with E-state index in [1.165, 1.54) is 6.92 Å². The number of rotatable bonds is 12. The van der Waals surface area contributed by atoms with E-state index in [2.05, 4.69) is 27.3 Å². The van der Waals surface area contributed by atoms with Gasteiger partial charge in [0, 0.05) is 28.2 Å². The van der Waals surface area contributed by atoms with Crippen LogP contribution in [0.3, 0.4) is 0 Å². The summed E-state index contributed by atoms with van der Waals surface area (Å²) in [5.41, 5.74) is 4.91. The van der Waals surface area contributed by atoms with E-state index in [0.717, 1.165) is 26.7 Å². The molecule has 0 heterocycles. The fraction of sp³-hybridized carbons (Fsp3) is 0.188. The number of ether oxygens (including phenoxy) is 2. The van der Waals surface area contributed by atoms with E-state index in [1.807, 2.05) is 54.6 Å². The molecule has 0 unspecified atom stereocenters. The molecule has 7 nitrogen and oxygen atoms in total. The van der Waals surface area contributed by atoms with Crippen LogP contribution in [0.15, 0.2) is 89.4 Å². The molecule has 0 amide bonds. The lowest BCUT2D eigenvalue weighted by Gasteiger charge is -2.20. The molecule has 0 saturated heterocycles. The Morgan fingerprint density at radius 2 is 1.71 bits per heavy atom. The number of hydrogen-bond donors (Lipinski definition) is 3. The highest BCUT2D eigenvalue weighted by Crippen LogP contribution is 2.36. The summed E-state index contributed by atoms with van der Waals surface area (Å²) in [5.74, 6) is -0.366. The van der Waals surface area contributed by atoms with Crippen LogP contribution in [-0.2, 0) is 24.6 Å². The quantitative estimate of drug-likeness (QED) is 0.158. The number of hydrogen-bond acceptors (Lipinski definition) is 6. The first-order valence-corrected chi connectivity index (χ1v) is 14.0. The topological polar surface area (TPSA) is 112 Å². The van der Waals surface area contributed by atoms with Gasteiger partial charge in [-0.05, 0) is 57.7 Å². The number of aliphatic hydroxyl groups excluding tert-OH is 1. The van der Waals surface area contributed by atoms with Crippen molar-refractivity contribution in [3.8, 4) is 28.7 Å². The molecule has 0 aromatic heterocycles. The summed E-state index contributed by atoms with van der Waals surface area (Å²) in [6.07, 6.45) is -1.12. The number of halogens is 2. The Hall–Kier alpha value is -3.87. The molecular formula is C32H28BrClN2O5. The van der Waals surface area contributed by atoms with Crippen molar-refractivity contribution in [3.05, 3.63) is 117 Å². The van der Waals surface area contributed by atoms with Crippen LogP contribution in [-0.4, -0.2) is 28.3 Å². The van der Waals surface area contributed by atoms with Crippen LogP contribution in [0.1, 0.15) is 29.2 Å². The van der Waals surface area contributed by atoms with Gasteiger partial charge in [0.05, 0.1) is 22.8 Å². The summed E-state index contributed by atoms with van der Waals surface area (Å²) in [5, 5.41) is 31.7. The van der Waals surface area contributed by atoms with Crippen molar-refractivity contribution in [3.63, 3.8) is 0 Å². The van der Waals surface area contributed by atoms with Gasteiger partial charge in [-0.25, -0.2) is 0 Å². The van der Waals surface area contributed by atoms with E-state index in [9.17, 15) is 20.3 Å². The number of nitrogens with one attached hydrogen (secondary N) is 1. The molecule has 3 N–H and O–H groups in total. The molecule has 0 aliphatic carbocycles. The van der Waals surface area contributed by atoms with E-state index >= 15 is 0 Å². The molecule has 4 aromatic carbocycles. The fourth-order valence-corrected chi connectivity index (χ4v) is 5.07. The van der Waals surface area contributed by atoms with Gasteiger partial charge < -0.3 is 19.7 Å². The molecule has 0 saturated carbocycles. The van der Waals surface area contributed by atoms with Crippen molar-refractivity contribution < 1.29 is 24.5 Å². The van der Waals surface area contributed by atoms with Crippen molar-refractivity contribution >= 4 is 33.5 Å². The van der Waals surface area contributed by atoms with Gasteiger partial charge in [0.15, 0.2) is 0 Å². The van der Waals surface area contributed by atoms with Gasteiger partial charge >= 0.3 is 5.97 Å². The number of aliphatic carboxylic acids is 1. The highest BCUT2D eigenvalue weighted by molar-refractivity contribution is 9.10. The largest absolute Gasteiger partial charge is 0.488 e. The Balaban J connectivity index is 1.59. The van der Waals surface area contributed by atoms with E-state index in [4.69, 9.17) is 21.1 Å². The molecule has 4 aromatic rings. The molecule has 0 bridgehead atoms. The average Bonchev–Trinajstić information content (AvgIpc) is 2.97. The van der Waals surface area contributed by atoms with E-state index in [-0.39, 0.29) is 19.8 Å². The maximum absolute atomic E-state index is 11.6. The van der Waals surface area contributed by atoms with E-state index in [0.29, 0.717) is 27.6 Å². The third-order valence-electron chi connectivity index (χ3n) is 6.37. The normalized spacial score (nSPS) is 12.3. The minimum absolute atomic E-state index is 0.0695. The minimum Gasteiger partial charge on any atom is -0.488 e. The van der Waals surface area contributed by atoms with Crippen LogP contribution in [0, 0.1) is 11.3 Å². The number of aliphatic hydroxyl groups is 1. The number of carboxylic acid groups (broad SMARTS) is 1. The highest BCUT2D eigenvalue weighted by atomic mass is 79.9. The van der Waals surface area contributed by atoms with E-state index < -0.39 is 18.1 Å². The van der Waals surface area contributed by atoms with Crippen molar-refractivity contribution in [2.45, 2.75) is 38.8 Å². The monoisotopic (exact) mass is 634 g/mol. The maximum atomic E-state index is 11.6. The number of benzene rings is 4. The van der Waals surface area contributed by atoms with Gasteiger partial charge in [0.2, 0.25) is 0 Å². The van der Waals surface area contributed by atoms with Gasteiger partial charge in [-0.3, -0.25) is 10.1 Å². The van der Waals surface area contributed by atoms with Crippen LogP contribution in [0.25, 0.3) is 11.1 Å². The van der Waals surface area contributed by atoms with Gasteiger partial charge in [-0.2, -0.15) is 5.26 Å². The summed E-state index contributed by atoms with van der Waals surface area (Å²) < 4.78 is 13.2. The molecule has 9 heteroatoms. The fourth-order valence-electron chi connectivity index (χ4n) is 4.22. The lowest BCUT2D eigenvalue weighted by molar-refractivity contribution is -0.142. The molecule has 0 radical (unpaired) electrons. The molecule has 0 fully saturated rings. The Morgan fingerprint density at radius 1 is 0.976 bits per heavy atom. The third kappa shape index (κ3) is 7.87.